The number of fused-ring (bicyclic) bond motifs is 1. The third kappa shape index (κ3) is 3.73. The molecule has 1 aromatic carbocycles. The number of ether oxygens (including phenoxy) is 2. The van der Waals surface area contributed by atoms with Crippen molar-refractivity contribution in [3.05, 3.63) is 18.2 Å². The molecular formula is C19H28N4O3. The maximum atomic E-state index is 12.6. The minimum Gasteiger partial charge on any atom is -0.454 e. The zero-order valence-corrected chi connectivity index (χ0v) is 15.5. The summed E-state index contributed by atoms with van der Waals surface area (Å²) in [5, 5.41) is 0. The van der Waals surface area contributed by atoms with Crippen molar-refractivity contribution in [1.82, 2.24) is 14.7 Å². The van der Waals surface area contributed by atoms with Gasteiger partial charge in [0.15, 0.2) is 11.5 Å². The number of anilines is 1. The SMILES string of the molecule is CCN1CCN(C(=O)CN2CCN(c3ccc4c(c3)OCO4)CC2)CC1. The van der Waals surface area contributed by atoms with Crippen molar-refractivity contribution in [2.45, 2.75) is 6.92 Å². The Balaban J connectivity index is 1.25. The smallest absolute Gasteiger partial charge is 0.236 e. The number of amides is 1. The number of rotatable bonds is 4. The summed E-state index contributed by atoms with van der Waals surface area (Å²) in [5.74, 6) is 1.92. The van der Waals surface area contributed by atoms with Crippen LogP contribution in [0.5, 0.6) is 11.5 Å². The monoisotopic (exact) mass is 360 g/mol. The Morgan fingerprint density at radius 2 is 1.62 bits per heavy atom. The van der Waals surface area contributed by atoms with E-state index in [-0.39, 0.29) is 5.91 Å². The van der Waals surface area contributed by atoms with Crippen LogP contribution in [-0.2, 0) is 4.79 Å². The third-order valence-corrected chi connectivity index (χ3v) is 5.62. The normalized spacial score (nSPS) is 21.3. The van der Waals surface area contributed by atoms with E-state index in [1.165, 1.54) is 0 Å². The van der Waals surface area contributed by atoms with Crippen LogP contribution in [0.3, 0.4) is 0 Å². The molecule has 2 saturated heterocycles. The van der Waals surface area contributed by atoms with Gasteiger partial charge in [0.05, 0.1) is 6.54 Å². The number of hydrogen-bond acceptors (Lipinski definition) is 6. The van der Waals surface area contributed by atoms with Crippen LogP contribution in [0.4, 0.5) is 5.69 Å². The van der Waals surface area contributed by atoms with Gasteiger partial charge in [0.2, 0.25) is 12.7 Å². The van der Waals surface area contributed by atoms with E-state index < -0.39 is 0 Å². The lowest BCUT2D eigenvalue weighted by molar-refractivity contribution is -0.134. The van der Waals surface area contributed by atoms with Crippen molar-refractivity contribution in [3.63, 3.8) is 0 Å². The predicted octanol–water partition coefficient (Wildman–Crippen LogP) is 0.701. The van der Waals surface area contributed by atoms with E-state index in [0.29, 0.717) is 13.3 Å². The van der Waals surface area contributed by atoms with E-state index in [9.17, 15) is 4.79 Å². The van der Waals surface area contributed by atoms with Crippen LogP contribution in [0.2, 0.25) is 0 Å². The van der Waals surface area contributed by atoms with Gasteiger partial charge in [-0.2, -0.15) is 0 Å². The summed E-state index contributed by atoms with van der Waals surface area (Å²) in [7, 11) is 0. The van der Waals surface area contributed by atoms with E-state index in [1.807, 2.05) is 11.0 Å². The number of piperazine rings is 2. The predicted molar refractivity (Wildman–Crippen MR) is 99.9 cm³/mol. The zero-order valence-electron chi connectivity index (χ0n) is 15.5. The van der Waals surface area contributed by atoms with Crippen LogP contribution in [0.25, 0.3) is 0 Å². The first kappa shape index (κ1) is 17.4. The van der Waals surface area contributed by atoms with Gasteiger partial charge < -0.3 is 24.2 Å². The number of likely N-dealkylation sites (N-methyl/N-ethyl adjacent to an activating group) is 1. The molecule has 7 heteroatoms. The van der Waals surface area contributed by atoms with Crippen molar-refractivity contribution in [1.29, 1.82) is 0 Å². The molecule has 2 fully saturated rings. The second-order valence-electron chi connectivity index (χ2n) is 7.12. The van der Waals surface area contributed by atoms with Crippen LogP contribution in [0, 0.1) is 0 Å². The lowest BCUT2D eigenvalue weighted by Gasteiger charge is -2.38. The molecule has 0 N–H and O–H groups in total. The fraction of sp³-hybridized carbons (Fsp3) is 0.632. The number of carbonyl (C=O) groups is 1. The lowest BCUT2D eigenvalue weighted by Crippen LogP contribution is -2.53. The molecule has 0 unspecified atom stereocenters. The number of nitrogens with zero attached hydrogens (tertiary/aromatic N) is 4. The topological polar surface area (TPSA) is 48.5 Å². The zero-order chi connectivity index (χ0) is 17.9. The molecule has 1 aromatic rings. The van der Waals surface area contributed by atoms with Gasteiger partial charge in [0.25, 0.3) is 0 Å². The van der Waals surface area contributed by atoms with Gasteiger partial charge in [0.1, 0.15) is 0 Å². The largest absolute Gasteiger partial charge is 0.454 e. The molecule has 0 spiro atoms. The van der Waals surface area contributed by atoms with Crippen LogP contribution in [0.15, 0.2) is 18.2 Å². The molecule has 0 saturated carbocycles. The Labute approximate surface area is 155 Å². The molecule has 0 aliphatic carbocycles. The Bertz CT molecular complexity index is 638. The molecule has 3 aliphatic rings. The minimum absolute atomic E-state index is 0.275. The van der Waals surface area contributed by atoms with Gasteiger partial charge in [0, 0.05) is 64.1 Å². The van der Waals surface area contributed by atoms with Crippen LogP contribution < -0.4 is 14.4 Å². The van der Waals surface area contributed by atoms with E-state index in [0.717, 1.165) is 76.1 Å². The van der Waals surface area contributed by atoms with Crippen LogP contribution in [0.1, 0.15) is 6.92 Å². The highest BCUT2D eigenvalue weighted by Gasteiger charge is 2.25. The number of carbonyl (C=O) groups excluding carboxylic acids is 1. The number of hydrogen-bond donors (Lipinski definition) is 0. The molecule has 0 atom stereocenters. The minimum atomic E-state index is 0.275. The average Bonchev–Trinajstić information content (AvgIpc) is 3.16. The highest BCUT2D eigenvalue weighted by molar-refractivity contribution is 5.78. The maximum absolute atomic E-state index is 12.6. The number of benzene rings is 1. The molecule has 3 aliphatic heterocycles. The highest BCUT2D eigenvalue weighted by atomic mass is 16.7. The van der Waals surface area contributed by atoms with Crippen molar-refractivity contribution in [2.24, 2.45) is 0 Å². The standard InChI is InChI=1S/C19H28N4O3/c1-2-20-5-11-23(12-6-20)19(24)14-21-7-9-22(10-8-21)16-3-4-17-18(13-16)26-15-25-17/h3-4,13H,2,5-12,14-15H2,1H3. The fourth-order valence-electron chi connectivity index (χ4n) is 3.85. The van der Waals surface area contributed by atoms with Gasteiger partial charge in [-0.05, 0) is 18.7 Å². The van der Waals surface area contributed by atoms with Gasteiger partial charge in [-0.25, -0.2) is 0 Å². The molecular weight excluding hydrogens is 332 g/mol. The molecule has 0 aromatic heterocycles. The average molecular weight is 360 g/mol. The molecule has 3 heterocycles. The Morgan fingerprint density at radius 1 is 0.923 bits per heavy atom. The van der Waals surface area contributed by atoms with Gasteiger partial charge in [-0.1, -0.05) is 6.92 Å². The van der Waals surface area contributed by atoms with Crippen LogP contribution in [-0.4, -0.2) is 92.8 Å². The molecule has 0 bridgehead atoms. The molecule has 1 amide bonds. The summed E-state index contributed by atoms with van der Waals surface area (Å²) < 4.78 is 10.9. The second-order valence-corrected chi connectivity index (χ2v) is 7.12. The molecule has 4 rings (SSSR count). The van der Waals surface area contributed by atoms with E-state index in [4.69, 9.17) is 9.47 Å². The highest BCUT2D eigenvalue weighted by Crippen LogP contribution is 2.35. The first-order chi connectivity index (χ1) is 12.7. The van der Waals surface area contributed by atoms with E-state index in [2.05, 4.69) is 33.8 Å². The molecule has 142 valence electrons. The van der Waals surface area contributed by atoms with Crippen molar-refractivity contribution in [2.75, 3.05) is 77.1 Å². The maximum Gasteiger partial charge on any atom is 0.236 e. The van der Waals surface area contributed by atoms with E-state index in [1.54, 1.807) is 0 Å². The Morgan fingerprint density at radius 3 is 2.35 bits per heavy atom. The summed E-state index contributed by atoms with van der Waals surface area (Å²) in [6, 6.07) is 6.11. The first-order valence-corrected chi connectivity index (χ1v) is 9.60. The van der Waals surface area contributed by atoms with Gasteiger partial charge in [-0.3, -0.25) is 9.69 Å². The van der Waals surface area contributed by atoms with Gasteiger partial charge in [-0.15, -0.1) is 0 Å². The lowest BCUT2D eigenvalue weighted by atomic mass is 10.2. The summed E-state index contributed by atoms with van der Waals surface area (Å²) >= 11 is 0. The Kier molecular flexibility index (Phi) is 5.17. The van der Waals surface area contributed by atoms with E-state index >= 15 is 0 Å². The summed E-state index contributed by atoms with van der Waals surface area (Å²) in [6.07, 6.45) is 0. The molecule has 7 nitrogen and oxygen atoms in total. The van der Waals surface area contributed by atoms with Crippen molar-refractivity contribution >= 4 is 11.6 Å². The second kappa shape index (κ2) is 7.72. The summed E-state index contributed by atoms with van der Waals surface area (Å²) in [6.45, 7) is 11.5. The van der Waals surface area contributed by atoms with Crippen molar-refractivity contribution in [3.8, 4) is 11.5 Å². The van der Waals surface area contributed by atoms with Crippen molar-refractivity contribution < 1.29 is 14.3 Å². The molecule has 26 heavy (non-hydrogen) atoms. The summed E-state index contributed by atoms with van der Waals surface area (Å²) in [4.78, 5) is 21.6. The Hall–Kier alpha value is -1.99. The van der Waals surface area contributed by atoms with Crippen LogP contribution >= 0.6 is 0 Å². The fourth-order valence-corrected chi connectivity index (χ4v) is 3.85. The third-order valence-electron chi connectivity index (χ3n) is 5.62. The first-order valence-electron chi connectivity index (χ1n) is 9.60. The molecule has 0 radical (unpaired) electrons. The van der Waals surface area contributed by atoms with Gasteiger partial charge >= 0.3 is 0 Å². The summed E-state index contributed by atoms with van der Waals surface area (Å²) in [5.41, 5.74) is 1.16. The quantitative estimate of drug-likeness (QED) is 0.788.